The van der Waals surface area contributed by atoms with Gasteiger partial charge >= 0.3 is 0 Å². The van der Waals surface area contributed by atoms with Crippen LogP contribution in [-0.4, -0.2) is 12.6 Å². The quantitative estimate of drug-likeness (QED) is 0.411. The average Bonchev–Trinajstić information content (AvgIpc) is 2.41. The fraction of sp³-hybridized carbons (Fsp3) is 0.765. The van der Waals surface area contributed by atoms with E-state index >= 15 is 0 Å². The molecule has 4 N–H and O–H groups in total. The van der Waals surface area contributed by atoms with Gasteiger partial charge in [0.2, 0.25) is 0 Å². The third kappa shape index (κ3) is 13.6. The lowest BCUT2D eigenvalue weighted by Crippen LogP contribution is -2.18. The molecule has 0 aliphatic carbocycles. The molecular formula is C17H34N2. The summed E-state index contributed by atoms with van der Waals surface area (Å²) in [5.74, 6) is 0.605. The molecule has 0 aromatic heterocycles. The van der Waals surface area contributed by atoms with Crippen LogP contribution in [0.2, 0.25) is 0 Å². The molecule has 2 nitrogen and oxygen atoms in total. The summed E-state index contributed by atoms with van der Waals surface area (Å²) in [6.45, 7) is 5.19. The van der Waals surface area contributed by atoms with Crippen LogP contribution in [0.1, 0.15) is 65.2 Å². The van der Waals surface area contributed by atoms with Crippen molar-refractivity contribution in [3.8, 4) is 0 Å². The molecule has 19 heavy (non-hydrogen) atoms. The van der Waals surface area contributed by atoms with Crippen LogP contribution >= 0.6 is 0 Å². The summed E-state index contributed by atoms with van der Waals surface area (Å²) < 4.78 is 0. The van der Waals surface area contributed by atoms with Crippen LogP contribution in [0.3, 0.4) is 0 Å². The Balaban J connectivity index is 3.42. The van der Waals surface area contributed by atoms with Gasteiger partial charge in [-0.05, 0) is 44.6 Å². The summed E-state index contributed by atoms with van der Waals surface area (Å²) in [6.07, 6.45) is 18.4. The molecule has 0 saturated heterocycles. The summed E-state index contributed by atoms with van der Waals surface area (Å²) in [7, 11) is 0. The number of rotatable bonds is 12. The topological polar surface area (TPSA) is 52.0 Å². The van der Waals surface area contributed by atoms with Gasteiger partial charge in [0.1, 0.15) is 0 Å². The van der Waals surface area contributed by atoms with Crippen molar-refractivity contribution in [3.05, 3.63) is 24.3 Å². The minimum Gasteiger partial charge on any atom is -0.330 e. The summed E-state index contributed by atoms with van der Waals surface area (Å²) in [5, 5.41) is 0. The van der Waals surface area contributed by atoms with Crippen molar-refractivity contribution in [3.63, 3.8) is 0 Å². The van der Waals surface area contributed by atoms with Crippen molar-refractivity contribution >= 4 is 0 Å². The molecule has 2 atom stereocenters. The largest absolute Gasteiger partial charge is 0.330 e. The zero-order chi connectivity index (χ0) is 14.3. The van der Waals surface area contributed by atoms with Crippen LogP contribution in [0.4, 0.5) is 0 Å². The van der Waals surface area contributed by atoms with Gasteiger partial charge in [-0.1, -0.05) is 57.4 Å². The van der Waals surface area contributed by atoms with E-state index in [4.69, 9.17) is 11.5 Å². The predicted octanol–water partition coefficient (Wildman–Crippen LogP) is 4.16. The number of allylic oxidation sites excluding steroid dienone is 3. The molecule has 112 valence electrons. The lowest BCUT2D eigenvalue weighted by molar-refractivity contribution is 0.563. The molecule has 0 aliphatic rings. The molecule has 0 rings (SSSR count). The minimum absolute atomic E-state index is 0.351. The third-order valence-electron chi connectivity index (χ3n) is 3.39. The van der Waals surface area contributed by atoms with Gasteiger partial charge in [-0.2, -0.15) is 0 Å². The molecular weight excluding hydrogens is 232 g/mol. The van der Waals surface area contributed by atoms with Crippen LogP contribution in [-0.2, 0) is 0 Å². The smallest absolute Gasteiger partial charge is 0.00734 e. The first-order valence-electron chi connectivity index (χ1n) is 7.96. The molecule has 0 fully saturated rings. The van der Waals surface area contributed by atoms with Crippen molar-refractivity contribution < 1.29 is 0 Å². The third-order valence-corrected chi connectivity index (χ3v) is 3.39. The highest BCUT2D eigenvalue weighted by Crippen LogP contribution is 2.06. The SMILES string of the molecule is CCCCCC(N)CC=CCCC=CCC(C)CN. The zero-order valence-corrected chi connectivity index (χ0v) is 13.0. The second-order valence-electron chi connectivity index (χ2n) is 5.59. The van der Waals surface area contributed by atoms with E-state index in [9.17, 15) is 0 Å². The molecule has 0 saturated carbocycles. The van der Waals surface area contributed by atoms with Crippen LogP contribution in [0, 0.1) is 5.92 Å². The first-order chi connectivity index (χ1) is 9.20. The minimum atomic E-state index is 0.351. The van der Waals surface area contributed by atoms with E-state index in [2.05, 4.69) is 38.2 Å². The highest BCUT2D eigenvalue weighted by molar-refractivity contribution is 4.90. The van der Waals surface area contributed by atoms with Gasteiger partial charge in [-0.3, -0.25) is 0 Å². The Kier molecular flexibility index (Phi) is 13.4. The van der Waals surface area contributed by atoms with E-state index in [0.717, 1.165) is 38.6 Å². The number of unbranched alkanes of at least 4 members (excludes halogenated alkanes) is 3. The van der Waals surface area contributed by atoms with E-state index < -0.39 is 0 Å². The van der Waals surface area contributed by atoms with Crippen molar-refractivity contribution in [1.82, 2.24) is 0 Å². The van der Waals surface area contributed by atoms with Gasteiger partial charge < -0.3 is 11.5 Å². The fourth-order valence-electron chi connectivity index (χ4n) is 1.90. The van der Waals surface area contributed by atoms with Gasteiger partial charge in [-0.15, -0.1) is 0 Å². The summed E-state index contributed by atoms with van der Waals surface area (Å²) >= 11 is 0. The molecule has 0 aliphatic heterocycles. The monoisotopic (exact) mass is 266 g/mol. The van der Waals surface area contributed by atoms with Gasteiger partial charge in [-0.25, -0.2) is 0 Å². The van der Waals surface area contributed by atoms with Crippen LogP contribution < -0.4 is 11.5 Å². The molecule has 0 amide bonds. The molecule has 0 radical (unpaired) electrons. The molecule has 0 spiro atoms. The lowest BCUT2D eigenvalue weighted by atomic mass is 10.1. The fourth-order valence-corrected chi connectivity index (χ4v) is 1.90. The Hall–Kier alpha value is -0.600. The van der Waals surface area contributed by atoms with E-state index in [1.165, 1.54) is 19.3 Å². The van der Waals surface area contributed by atoms with Crippen molar-refractivity contribution in [2.75, 3.05) is 6.54 Å². The summed E-state index contributed by atoms with van der Waals surface area (Å²) in [4.78, 5) is 0. The highest BCUT2D eigenvalue weighted by Gasteiger charge is 1.98. The molecule has 0 heterocycles. The zero-order valence-electron chi connectivity index (χ0n) is 13.0. The first-order valence-corrected chi connectivity index (χ1v) is 7.96. The van der Waals surface area contributed by atoms with Crippen LogP contribution in [0.15, 0.2) is 24.3 Å². The van der Waals surface area contributed by atoms with Crippen molar-refractivity contribution in [2.24, 2.45) is 17.4 Å². The van der Waals surface area contributed by atoms with Crippen molar-refractivity contribution in [1.29, 1.82) is 0 Å². The number of hydrogen-bond acceptors (Lipinski definition) is 2. The first kappa shape index (κ1) is 18.4. The molecule has 0 aromatic rings. The number of nitrogens with two attached hydrogens (primary N) is 2. The van der Waals surface area contributed by atoms with Gasteiger partial charge in [0.25, 0.3) is 0 Å². The van der Waals surface area contributed by atoms with Gasteiger partial charge in [0, 0.05) is 6.04 Å². The maximum absolute atomic E-state index is 6.05. The maximum Gasteiger partial charge on any atom is 0.00734 e. The number of hydrogen-bond donors (Lipinski definition) is 2. The van der Waals surface area contributed by atoms with Gasteiger partial charge in [0.15, 0.2) is 0 Å². The Morgan fingerprint density at radius 3 is 2.16 bits per heavy atom. The normalized spacial score (nSPS) is 15.4. The Labute approximate surface area is 120 Å². The molecule has 2 heteroatoms. The van der Waals surface area contributed by atoms with Crippen LogP contribution in [0.5, 0.6) is 0 Å². The second kappa shape index (κ2) is 13.8. The second-order valence-corrected chi connectivity index (χ2v) is 5.59. The molecule has 0 aromatic carbocycles. The summed E-state index contributed by atoms with van der Waals surface area (Å²) in [6, 6.07) is 0.351. The van der Waals surface area contributed by atoms with Gasteiger partial charge in [0.05, 0.1) is 0 Å². The highest BCUT2D eigenvalue weighted by atomic mass is 14.6. The van der Waals surface area contributed by atoms with Crippen LogP contribution in [0.25, 0.3) is 0 Å². The predicted molar refractivity (Wildman–Crippen MR) is 87.1 cm³/mol. The standard InChI is InChI=1S/C17H34N2/c1-3-4-9-13-17(19)14-11-8-6-5-7-10-12-16(2)15-18/h7-8,10-11,16-17H,3-6,9,12-15,18-19H2,1-2H3. The molecule has 2 unspecified atom stereocenters. The van der Waals surface area contributed by atoms with E-state index in [0.29, 0.717) is 12.0 Å². The molecule has 0 bridgehead atoms. The van der Waals surface area contributed by atoms with E-state index in [1.807, 2.05) is 0 Å². The Bertz CT molecular complexity index is 233. The van der Waals surface area contributed by atoms with Crippen molar-refractivity contribution in [2.45, 2.75) is 71.3 Å². The Morgan fingerprint density at radius 2 is 1.58 bits per heavy atom. The van der Waals surface area contributed by atoms with E-state index in [1.54, 1.807) is 0 Å². The van der Waals surface area contributed by atoms with E-state index in [-0.39, 0.29) is 0 Å². The average molecular weight is 266 g/mol. The Morgan fingerprint density at radius 1 is 0.947 bits per heavy atom. The summed E-state index contributed by atoms with van der Waals surface area (Å²) in [5.41, 5.74) is 11.6. The lowest BCUT2D eigenvalue weighted by Gasteiger charge is -2.07. The maximum atomic E-state index is 6.05.